The molecule has 0 aliphatic carbocycles. The summed E-state index contributed by atoms with van der Waals surface area (Å²) in [6.45, 7) is 8.23. The predicted octanol–water partition coefficient (Wildman–Crippen LogP) is 4.27. The summed E-state index contributed by atoms with van der Waals surface area (Å²) in [5.74, 6) is 0.0710. The van der Waals surface area contributed by atoms with E-state index in [0.29, 0.717) is 24.4 Å². The van der Waals surface area contributed by atoms with Gasteiger partial charge in [-0.25, -0.2) is 8.42 Å². The van der Waals surface area contributed by atoms with Gasteiger partial charge in [0, 0.05) is 25.6 Å². The van der Waals surface area contributed by atoms with Gasteiger partial charge in [0.2, 0.25) is 21.8 Å². The van der Waals surface area contributed by atoms with Gasteiger partial charge in [-0.15, -0.1) is 0 Å². The van der Waals surface area contributed by atoms with Gasteiger partial charge in [-0.2, -0.15) is 0 Å². The van der Waals surface area contributed by atoms with Crippen molar-refractivity contribution in [2.75, 3.05) is 24.2 Å². The quantitative estimate of drug-likeness (QED) is 0.393. The Morgan fingerprint density at radius 2 is 1.68 bits per heavy atom. The molecule has 2 rings (SSSR count). The van der Waals surface area contributed by atoms with Crippen LogP contribution in [0.5, 0.6) is 5.75 Å². The van der Waals surface area contributed by atoms with Crippen molar-refractivity contribution in [2.45, 2.75) is 72.0 Å². The fraction of sp³-hybridized carbons (Fsp3) is 0.500. The maximum absolute atomic E-state index is 13.6. The van der Waals surface area contributed by atoms with Crippen molar-refractivity contribution in [3.8, 4) is 5.75 Å². The van der Waals surface area contributed by atoms with E-state index in [1.54, 1.807) is 29.2 Å². The number of nitrogens with zero attached hydrogens (tertiary/aromatic N) is 2. The molecule has 0 fully saturated rings. The van der Waals surface area contributed by atoms with Crippen LogP contribution in [0.4, 0.5) is 5.69 Å². The van der Waals surface area contributed by atoms with Crippen molar-refractivity contribution in [3.63, 3.8) is 0 Å². The molecule has 1 N–H and O–H groups in total. The Morgan fingerprint density at radius 1 is 1.03 bits per heavy atom. The van der Waals surface area contributed by atoms with E-state index < -0.39 is 16.1 Å². The molecule has 9 heteroatoms. The number of methoxy groups -OCH3 is 1. The van der Waals surface area contributed by atoms with E-state index in [1.165, 1.54) is 11.4 Å². The van der Waals surface area contributed by atoms with E-state index in [0.717, 1.165) is 23.8 Å². The molecule has 0 unspecified atom stereocenters. The highest BCUT2D eigenvalue weighted by atomic mass is 32.2. The molecule has 2 amide bonds. The Balaban J connectivity index is 2.26. The molecule has 0 saturated heterocycles. The molecule has 8 nitrogen and oxygen atoms in total. The summed E-state index contributed by atoms with van der Waals surface area (Å²) in [6, 6.07) is 14.1. The van der Waals surface area contributed by atoms with Gasteiger partial charge in [-0.3, -0.25) is 13.9 Å². The molecule has 0 aliphatic heterocycles. The fourth-order valence-electron chi connectivity index (χ4n) is 4.15. The first-order chi connectivity index (χ1) is 17.5. The number of carbonyl (C=O) groups excluding carboxylic acids is 2. The second-order valence-electron chi connectivity index (χ2n) is 9.30. The minimum atomic E-state index is -3.61. The van der Waals surface area contributed by atoms with Crippen molar-refractivity contribution in [1.82, 2.24) is 10.2 Å². The standard InChI is InChI=1S/C28H41N3O5S/c1-7-22(4)29-28(33)24(8-2)30(20-23-15-10-9-14-21(23)3)27(32)18-13-19-31(37(6,34)35)25-16-11-12-17-26(25)36-5/h9-12,14-17,22,24H,7-8,13,18-20H2,1-6H3,(H,29,33)/t22-,24-/m0/s1. The maximum atomic E-state index is 13.6. The molecule has 0 radical (unpaired) electrons. The van der Waals surface area contributed by atoms with E-state index in [-0.39, 0.29) is 37.2 Å². The SMILES string of the molecule is CC[C@H](C)NC(=O)[C@H](CC)N(Cc1ccccc1C)C(=O)CCCN(c1ccccc1OC)S(C)(=O)=O. The van der Waals surface area contributed by atoms with Gasteiger partial charge in [-0.05, 0) is 56.4 Å². The third kappa shape index (κ3) is 8.49. The molecule has 2 atom stereocenters. The average Bonchev–Trinajstić information content (AvgIpc) is 2.86. The Morgan fingerprint density at radius 3 is 2.27 bits per heavy atom. The van der Waals surface area contributed by atoms with Crippen molar-refractivity contribution in [1.29, 1.82) is 0 Å². The minimum absolute atomic E-state index is 0.00105. The minimum Gasteiger partial charge on any atom is -0.495 e. The summed E-state index contributed by atoms with van der Waals surface area (Å²) in [6.07, 6.45) is 2.78. The van der Waals surface area contributed by atoms with Crippen LogP contribution in [0, 0.1) is 6.92 Å². The third-order valence-electron chi connectivity index (χ3n) is 6.49. The topological polar surface area (TPSA) is 96.0 Å². The monoisotopic (exact) mass is 531 g/mol. The Bertz CT molecular complexity index is 1150. The van der Waals surface area contributed by atoms with Crippen molar-refractivity contribution in [3.05, 3.63) is 59.7 Å². The van der Waals surface area contributed by atoms with Crippen molar-refractivity contribution >= 4 is 27.5 Å². The highest BCUT2D eigenvalue weighted by Gasteiger charge is 2.30. The lowest BCUT2D eigenvalue weighted by Gasteiger charge is -2.32. The van der Waals surface area contributed by atoms with E-state index in [2.05, 4.69) is 5.32 Å². The number of sulfonamides is 1. The van der Waals surface area contributed by atoms with Gasteiger partial charge in [-0.1, -0.05) is 50.2 Å². The van der Waals surface area contributed by atoms with Gasteiger partial charge >= 0.3 is 0 Å². The lowest BCUT2D eigenvalue weighted by molar-refractivity contribution is -0.141. The molecule has 204 valence electrons. The van der Waals surface area contributed by atoms with E-state index >= 15 is 0 Å². The molecule has 0 aliphatic rings. The van der Waals surface area contributed by atoms with Crippen LogP contribution in [0.1, 0.15) is 57.6 Å². The van der Waals surface area contributed by atoms with Crippen LogP contribution in [-0.2, 0) is 26.2 Å². The molecule has 0 saturated carbocycles. The number of nitrogens with one attached hydrogen (secondary N) is 1. The summed E-state index contributed by atoms with van der Waals surface area (Å²) in [4.78, 5) is 28.3. The highest BCUT2D eigenvalue weighted by Crippen LogP contribution is 2.30. The average molecular weight is 532 g/mol. The molecule has 37 heavy (non-hydrogen) atoms. The molecule has 2 aromatic carbocycles. The number of benzene rings is 2. The molecular formula is C28H41N3O5S. The van der Waals surface area contributed by atoms with Gasteiger partial charge in [0.05, 0.1) is 19.1 Å². The van der Waals surface area contributed by atoms with E-state index in [9.17, 15) is 18.0 Å². The van der Waals surface area contributed by atoms with Crippen LogP contribution in [0.15, 0.2) is 48.5 Å². The predicted molar refractivity (Wildman–Crippen MR) is 148 cm³/mol. The third-order valence-corrected chi connectivity index (χ3v) is 7.67. The Hall–Kier alpha value is -3.07. The number of aryl methyl sites for hydroxylation is 1. The fourth-order valence-corrected chi connectivity index (χ4v) is 5.12. The van der Waals surface area contributed by atoms with Crippen LogP contribution < -0.4 is 14.4 Å². The number of carbonyl (C=O) groups is 2. The lowest BCUT2D eigenvalue weighted by Crippen LogP contribution is -2.50. The lowest BCUT2D eigenvalue weighted by atomic mass is 10.0. The second kappa shape index (κ2) is 14.0. The van der Waals surface area contributed by atoms with Crippen LogP contribution in [-0.4, -0.2) is 57.1 Å². The second-order valence-corrected chi connectivity index (χ2v) is 11.2. The summed E-state index contributed by atoms with van der Waals surface area (Å²) < 4.78 is 31.8. The zero-order valence-corrected chi connectivity index (χ0v) is 23.7. The first-order valence-corrected chi connectivity index (χ1v) is 14.6. The number of anilines is 1. The van der Waals surface area contributed by atoms with Crippen LogP contribution >= 0.6 is 0 Å². The Kier molecular flexibility index (Phi) is 11.4. The first-order valence-electron chi connectivity index (χ1n) is 12.8. The molecule has 2 aromatic rings. The zero-order chi connectivity index (χ0) is 27.6. The van der Waals surface area contributed by atoms with Crippen LogP contribution in [0.2, 0.25) is 0 Å². The number of hydrogen-bond acceptors (Lipinski definition) is 5. The van der Waals surface area contributed by atoms with Gasteiger partial charge < -0.3 is 15.0 Å². The number of hydrogen-bond donors (Lipinski definition) is 1. The van der Waals surface area contributed by atoms with Gasteiger partial charge in [0.25, 0.3) is 0 Å². The Labute approximate surface area is 222 Å². The summed E-state index contributed by atoms with van der Waals surface area (Å²) in [5, 5.41) is 3.01. The van der Waals surface area contributed by atoms with Crippen molar-refractivity contribution < 1.29 is 22.7 Å². The smallest absolute Gasteiger partial charge is 0.243 e. The maximum Gasteiger partial charge on any atom is 0.243 e. The van der Waals surface area contributed by atoms with Gasteiger partial charge in [0.1, 0.15) is 11.8 Å². The van der Waals surface area contributed by atoms with Gasteiger partial charge in [0.15, 0.2) is 0 Å². The molecule has 0 spiro atoms. The zero-order valence-electron chi connectivity index (χ0n) is 22.9. The number of rotatable bonds is 14. The summed E-state index contributed by atoms with van der Waals surface area (Å²) in [5.41, 5.74) is 2.44. The highest BCUT2D eigenvalue weighted by molar-refractivity contribution is 7.92. The molecular weight excluding hydrogens is 490 g/mol. The van der Waals surface area contributed by atoms with Crippen molar-refractivity contribution in [2.24, 2.45) is 0 Å². The number of amides is 2. The summed E-state index contributed by atoms with van der Waals surface area (Å²) in [7, 11) is -2.12. The van der Waals surface area contributed by atoms with E-state index in [4.69, 9.17) is 4.74 Å². The normalized spacial score (nSPS) is 12.9. The largest absolute Gasteiger partial charge is 0.495 e. The molecule has 0 bridgehead atoms. The summed E-state index contributed by atoms with van der Waals surface area (Å²) >= 11 is 0. The van der Waals surface area contributed by atoms with E-state index in [1.807, 2.05) is 52.0 Å². The van der Waals surface area contributed by atoms with Crippen LogP contribution in [0.25, 0.3) is 0 Å². The molecule has 0 heterocycles. The van der Waals surface area contributed by atoms with Crippen LogP contribution in [0.3, 0.4) is 0 Å². The number of ether oxygens (including phenoxy) is 1. The number of para-hydroxylation sites is 2. The first kappa shape index (κ1) is 30.2. The molecule has 0 aromatic heterocycles.